The number of carbonyl (C=O) groups is 1. The van der Waals surface area contributed by atoms with E-state index in [2.05, 4.69) is 27.3 Å². The normalized spacial score (nSPS) is 12.8. The first-order valence-corrected chi connectivity index (χ1v) is 10.9. The molecule has 7 heteroatoms. The number of nitrogens with one attached hydrogen (secondary N) is 2. The summed E-state index contributed by atoms with van der Waals surface area (Å²) >= 11 is 5.88. The number of likely N-dealkylation sites (tertiary alicyclic amines) is 1. The Bertz CT molecular complexity index is 1110. The largest absolute Gasteiger partial charge is 0.497 e. The Labute approximate surface area is 192 Å². The molecule has 1 amide bonds. The van der Waals surface area contributed by atoms with Crippen molar-refractivity contribution in [3.63, 3.8) is 0 Å². The van der Waals surface area contributed by atoms with Crippen molar-refractivity contribution in [1.29, 1.82) is 5.41 Å². The molecule has 6 nitrogen and oxygen atoms in total. The van der Waals surface area contributed by atoms with Crippen molar-refractivity contribution < 1.29 is 9.53 Å². The minimum atomic E-state index is -0.243. The Balaban J connectivity index is 1.46. The second kappa shape index (κ2) is 9.83. The first-order chi connectivity index (χ1) is 15.5. The molecule has 1 saturated heterocycles. The zero-order valence-corrected chi connectivity index (χ0v) is 18.7. The summed E-state index contributed by atoms with van der Waals surface area (Å²) in [6.07, 6.45) is 4.13. The van der Waals surface area contributed by atoms with Gasteiger partial charge in [0.05, 0.1) is 12.1 Å². The van der Waals surface area contributed by atoms with Crippen LogP contribution in [0, 0.1) is 5.41 Å². The number of anilines is 1. The fourth-order valence-electron chi connectivity index (χ4n) is 3.58. The summed E-state index contributed by atoms with van der Waals surface area (Å²) in [5.74, 6) is 1.41. The molecule has 0 spiro atoms. The van der Waals surface area contributed by atoms with E-state index in [1.165, 1.54) is 6.20 Å². The van der Waals surface area contributed by atoms with Crippen molar-refractivity contribution >= 4 is 29.2 Å². The molecule has 0 radical (unpaired) electrons. The smallest absolute Gasteiger partial charge is 0.257 e. The molecule has 32 heavy (non-hydrogen) atoms. The maximum Gasteiger partial charge on any atom is 0.257 e. The molecule has 0 bridgehead atoms. The molecule has 0 unspecified atom stereocenters. The first-order valence-electron chi connectivity index (χ1n) is 10.6. The van der Waals surface area contributed by atoms with Crippen LogP contribution in [0.3, 0.4) is 0 Å². The number of aromatic nitrogens is 1. The number of halogens is 1. The lowest BCUT2D eigenvalue weighted by Gasteiger charge is -2.33. The highest BCUT2D eigenvalue weighted by Crippen LogP contribution is 2.22. The number of methoxy groups -OCH3 is 1. The third kappa shape index (κ3) is 5.08. The van der Waals surface area contributed by atoms with E-state index in [-0.39, 0.29) is 5.91 Å². The maximum atomic E-state index is 12.9. The number of nitrogens with zero attached hydrogens (tertiary/aromatic N) is 2. The molecule has 1 aliphatic heterocycles. The number of hydrogen-bond donors (Lipinski definition) is 2. The topological polar surface area (TPSA) is 78.3 Å². The lowest BCUT2D eigenvalue weighted by Crippen LogP contribution is -2.42. The summed E-state index contributed by atoms with van der Waals surface area (Å²) in [6.45, 7) is 1.93. The second-order valence-electron chi connectivity index (χ2n) is 7.72. The predicted molar refractivity (Wildman–Crippen MR) is 127 cm³/mol. The molecule has 1 fully saturated rings. The van der Waals surface area contributed by atoms with Crippen LogP contribution in [0.15, 0.2) is 60.8 Å². The number of hydrogen-bond acceptors (Lipinski definition) is 4. The van der Waals surface area contributed by atoms with Gasteiger partial charge in [0.1, 0.15) is 17.4 Å². The average Bonchev–Trinajstić information content (AvgIpc) is 2.78. The van der Waals surface area contributed by atoms with Gasteiger partial charge in [-0.15, -0.1) is 0 Å². The van der Waals surface area contributed by atoms with Gasteiger partial charge in [0.25, 0.3) is 5.91 Å². The molecule has 2 N–H and O–H groups in total. The van der Waals surface area contributed by atoms with E-state index < -0.39 is 0 Å². The van der Waals surface area contributed by atoms with Gasteiger partial charge in [0.2, 0.25) is 0 Å². The summed E-state index contributed by atoms with van der Waals surface area (Å²) in [7, 11) is 1.58. The standard InChI is InChI=1S/C25H25ClN4O2/c1-32-21-11-9-18(22(15-21)25(31)29-23-12-10-20(26)16-28-23)6-3-17-4-7-19(8-5-17)24(27)30-13-2-14-30/h4-5,7-12,15-16,27H,2-3,6,13-14H2,1H3,(H,28,29,31). The predicted octanol–water partition coefficient (Wildman–Crippen LogP) is 4.81. The van der Waals surface area contributed by atoms with Gasteiger partial charge in [-0.2, -0.15) is 0 Å². The summed E-state index contributed by atoms with van der Waals surface area (Å²) in [4.78, 5) is 19.2. The van der Waals surface area contributed by atoms with Crippen molar-refractivity contribution in [2.45, 2.75) is 19.3 Å². The molecule has 1 aliphatic rings. The number of carbonyl (C=O) groups excluding carboxylic acids is 1. The molecule has 164 valence electrons. The Morgan fingerprint density at radius 1 is 1.12 bits per heavy atom. The third-order valence-electron chi connectivity index (χ3n) is 5.61. The van der Waals surface area contributed by atoms with Gasteiger partial charge in [-0.3, -0.25) is 10.2 Å². The van der Waals surface area contributed by atoms with E-state index in [4.69, 9.17) is 21.7 Å². The lowest BCUT2D eigenvalue weighted by molar-refractivity contribution is 0.102. The van der Waals surface area contributed by atoms with Gasteiger partial charge >= 0.3 is 0 Å². The zero-order valence-electron chi connectivity index (χ0n) is 17.9. The van der Waals surface area contributed by atoms with Crippen LogP contribution in [0.4, 0.5) is 5.82 Å². The minimum absolute atomic E-state index is 0.243. The lowest BCUT2D eigenvalue weighted by atomic mass is 9.98. The molecule has 0 saturated carbocycles. The van der Waals surface area contributed by atoms with Crippen LogP contribution >= 0.6 is 11.6 Å². The minimum Gasteiger partial charge on any atom is -0.497 e. The van der Waals surface area contributed by atoms with Gasteiger partial charge in [-0.25, -0.2) is 4.98 Å². The highest BCUT2D eigenvalue weighted by Gasteiger charge is 2.18. The van der Waals surface area contributed by atoms with Gasteiger partial charge < -0.3 is 15.0 Å². The maximum absolute atomic E-state index is 12.9. The highest BCUT2D eigenvalue weighted by molar-refractivity contribution is 6.30. The Morgan fingerprint density at radius 2 is 1.91 bits per heavy atom. The number of amides is 1. The van der Waals surface area contributed by atoms with Crippen LogP contribution in [0.25, 0.3) is 0 Å². The SMILES string of the molecule is COc1ccc(CCc2ccc(C(=N)N3CCC3)cc2)c(C(=O)Nc2ccc(Cl)cn2)c1. The van der Waals surface area contributed by atoms with Crippen LogP contribution in [0.5, 0.6) is 5.75 Å². The summed E-state index contributed by atoms with van der Waals surface area (Å²) in [5, 5.41) is 11.6. The van der Waals surface area contributed by atoms with Gasteiger partial charge in [-0.05, 0) is 54.7 Å². The van der Waals surface area contributed by atoms with Gasteiger partial charge in [0.15, 0.2) is 0 Å². The fraction of sp³-hybridized carbons (Fsp3) is 0.240. The Hall–Kier alpha value is -3.38. The Kier molecular flexibility index (Phi) is 6.71. The van der Waals surface area contributed by atoms with Crippen LogP contribution in [0.2, 0.25) is 5.02 Å². The van der Waals surface area contributed by atoms with Crippen molar-refractivity contribution in [2.24, 2.45) is 0 Å². The van der Waals surface area contributed by atoms with Crippen molar-refractivity contribution in [3.05, 3.63) is 88.1 Å². The first kappa shape index (κ1) is 21.8. The van der Waals surface area contributed by atoms with E-state index in [0.717, 1.165) is 42.6 Å². The number of amidine groups is 1. The summed E-state index contributed by atoms with van der Waals surface area (Å²) < 4.78 is 5.32. The number of benzene rings is 2. The molecule has 4 rings (SSSR count). The molecular weight excluding hydrogens is 424 g/mol. The second-order valence-corrected chi connectivity index (χ2v) is 8.16. The third-order valence-corrected chi connectivity index (χ3v) is 5.84. The quantitative estimate of drug-likeness (QED) is 0.401. The van der Waals surface area contributed by atoms with Gasteiger partial charge in [-0.1, -0.05) is 41.9 Å². The summed E-state index contributed by atoms with van der Waals surface area (Å²) in [6, 6.07) is 17.0. The monoisotopic (exact) mass is 448 g/mol. The molecule has 0 atom stereocenters. The number of ether oxygens (including phenoxy) is 1. The van der Waals surface area contributed by atoms with Gasteiger partial charge in [0, 0.05) is 30.4 Å². The highest BCUT2D eigenvalue weighted by atomic mass is 35.5. The fourth-order valence-corrected chi connectivity index (χ4v) is 3.69. The molecule has 0 aliphatic carbocycles. The zero-order chi connectivity index (χ0) is 22.5. The number of rotatable bonds is 7. The van der Waals surface area contributed by atoms with E-state index >= 15 is 0 Å². The number of pyridine rings is 1. The Morgan fingerprint density at radius 3 is 2.53 bits per heavy atom. The molecule has 3 aromatic rings. The summed E-state index contributed by atoms with van der Waals surface area (Å²) in [5.41, 5.74) is 3.58. The molecule has 2 heterocycles. The van der Waals surface area contributed by atoms with E-state index in [1.807, 2.05) is 24.3 Å². The van der Waals surface area contributed by atoms with Crippen molar-refractivity contribution in [3.8, 4) is 5.75 Å². The van der Waals surface area contributed by atoms with E-state index in [1.54, 1.807) is 25.3 Å². The van der Waals surface area contributed by atoms with Crippen LogP contribution in [-0.4, -0.2) is 41.8 Å². The van der Waals surface area contributed by atoms with Crippen LogP contribution in [0.1, 0.15) is 33.5 Å². The van der Waals surface area contributed by atoms with Crippen LogP contribution in [-0.2, 0) is 12.8 Å². The van der Waals surface area contributed by atoms with Crippen LogP contribution < -0.4 is 10.1 Å². The number of aryl methyl sites for hydroxylation is 2. The molecular formula is C25H25ClN4O2. The molecule has 1 aromatic heterocycles. The average molecular weight is 449 g/mol. The molecule has 2 aromatic carbocycles. The van der Waals surface area contributed by atoms with E-state index in [0.29, 0.717) is 34.4 Å². The van der Waals surface area contributed by atoms with Crippen molar-refractivity contribution in [1.82, 2.24) is 9.88 Å². The van der Waals surface area contributed by atoms with Crippen molar-refractivity contribution in [2.75, 3.05) is 25.5 Å². The van der Waals surface area contributed by atoms with E-state index in [9.17, 15) is 4.79 Å².